The number of hydrogen-bond donors (Lipinski definition) is 1. The fraction of sp³-hybridized carbons (Fsp3) is 0.174. The molecule has 0 spiro atoms. The van der Waals surface area contributed by atoms with Crippen molar-refractivity contribution in [1.29, 1.82) is 0 Å². The Morgan fingerprint density at radius 2 is 1.83 bits per heavy atom. The predicted octanol–water partition coefficient (Wildman–Crippen LogP) is 4.32. The molecule has 0 atom stereocenters. The highest BCUT2D eigenvalue weighted by Gasteiger charge is 2.12. The first-order valence-corrected chi connectivity index (χ1v) is 9.51. The molecule has 0 unspecified atom stereocenters. The third-order valence-corrected chi connectivity index (χ3v) is 4.79. The number of fused-ring (bicyclic) bond motifs is 1. The van der Waals surface area contributed by atoms with Crippen molar-refractivity contribution < 1.29 is 14.0 Å². The van der Waals surface area contributed by atoms with Crippen molar-refractivity contribution in [1.82, 2.24) is 14.9 Å². The molecule has 6 nitrogen and oxygen atoms in total. The molecule has 0 saturated carbocycles. The number of aryl methyl sites for hydroxylation is 1. The summed E-state index contributed by atoms with van der Waals surface area (Å²) in [5, 5.41) is 2.89. The number of Topliss-reactive ketones (excluding diaryl/α,β-unsaturated/α-hetero) is 1. The summed E-state index contributed by atoms with van der Waals surface area (Å²) < 4.78 is 7.76. The summed E-state index contributed by atoms with van der Waals surface area (Å²) >= 11 is 0. The fourth-order valence-electron chi connectivity index (χ4n) is 3.21. The number of ketones is 1. The number of carbonyl (C=O) groups excluding carboxylic acids is 2. The number of carbonyl (C=O) groups is 2. The first-order chi connectivity index (χ1) is 14.1. The molecule has 146 valence electrons. The van der Waals surface area contributed by atoms with Gasteiger partial charge in [-0.2, -0.15) is 0 Å². The van der Waals surface area contributed by atoms with Crippen LogP contribution < -0.4 is 5.32 Å². The van der Waals surface area contributed by atoms with E-state index in [-0.39, 0.29) is 17.5 Å². The largest absolute Gasteiger partial charge is 0.451 e. The molecular formula is C23H21N3O3. The molecule has 1 amide bonds. The molecule has 0 aliphatic carbocycles. The van der Waals surface area contributed by atoms with Crippen LogP contribution >= 0.6 is 0 Å². The summed E-state index contributed by atoms with van der Waals surface area (Å²) in [5.74, 6) is 0.630. The van der Waals surface area contributed by atoms with E-state index >= 15 is 0 Å². The molecule has 0 radical (unpaired) electrons. The Hall–Kier alpha value is -3.67. The minimum Gasteiger partial charge on any atom is -0.451 e. The van der Waals surface area contributed by atoms with Gasteiger partial charge in [-0.15, -0.1) is 0 Å². The molecule has 4 aromatic rings. The highest BCUT2D eigenvalue weighted by atomic mass is 16.3. The molecule has 2 aromatic heterocycles. The van der Waals surface area contributed by atoms with Gasteiger partial charge in [0.05, 0.1) is 17.4 Å². The zero-order chi connectivity index (χ0) is 20.2. The van der Waals surface area contributed by atoms with Gasteiger partial charge in [-0.25, -0.2) is 4.98 Å². The number of nitrogens with zero attached hydrogens (tertiary/aromatic N) is 2. The van der Waals surface area contributed by atoms with Crippen LogP contribution in [0.3, 0.4) is 0 Å². The van der Waals surface area contributed by atoms with E-state index in [9.17, 15) is 9.59 Å². The van der Waals surface area contributed by atoms with Crippen molar-refractivity contribution in [2.24, 2.45) is 0 Å². The summed E-state index contributed by atoms with van der Waals surface area (Å²) in [4.78, 5) is 28.1. The van der Waals surface area contributed by atoms with E-state index in [1.807, 2.05) is 42.7 Å². The van der Waals surface area contributed by atoms with Gasteiger partial charge in [0, 0.05) is 24.2 Å². The SMILES string of the molecule is CC(=O)c1ccc(-c2ccc(C(=O)NCCCn3cnc4ccccc43)o2)cc1. The van der Waals surface area contributed by atoms with E-state index in [4.69, 9.17) is 4.42 Å². The topological polar surface area (TPSA) is 77.1 Å². The average molecular weight is 387 g/mol. The number of nitrogens with one attached hydrogen (secondary N) is 1. The normalized spacial score (nSPS) is 10.9. The second-order valence-electron chi connectivity index (χ2n) is 6.83. The van der Waals surface area contributed by atoms with Crippen LogP contribution in [0.4, 0.5) is 0 Å². The Balaban J connectivity index is 1.31. The lowest BCUT2D eigenvalue weighted by Crippen LogP contribution is -2.24. The Bertz CT molecular complexity index is 1160. The minimum atomic E-state index is -0.243. The molecule has 2 heterocycles. The number of benzene rings is 2. The monoisotopic (exact) mass is 387 g/mol. The maximum absolute atomic E-state index is 12.3. The number of amides is 1. The molecule has 0 aliphatic rings. The summed E-state index contributed by atoms with van der Waals surface area (Å²) in [5.41, 5.74) is 3.52. The van der Waals surface area contributed by atoms with Crippen LogP contribution in [-0.4, -0.2) is 27.8 Å². The standard InChI is InChI=1S/C23H21N3O3/c1-16(27)17-7-9-18(10-8-17)21-11-12-22(29-21)23(28)24-13-4-14-26-15-25-19-5-2-3-6-20(19)26/h2-3,5-12,15H,4,13-14H2,1H3,(H,24,28). The molecule has 4 rings (SSSR count). The highest BCUT2D eigenvalue weighted by Crippen LogP contribution is 2.22. The van der Waals surface area contributed by atoms with Gasteiger partial charge >= 0.3 is 0 Å². The van der Waals surface area contributed by atoms with Gasteiger partial charge in [0.2, 0.25) is 0 Å². The van der Waals surface area contributed by atoms with Crippen molar-refractivity contribution in [2.75, 3.05) is 6.54 Å². The van der Waals surface area contributed by atoms with Crippen LogP contribution in [-0.2, 0) is 6.54 Å². The average Bonchev–Trinajstić information content (AvgIpc) is 3.39. The lowest BCUT2D eigenvalue weighted by Gasteiger charge is -2.05. The number of hydrogen-bond acceptors (Lipinski definition) is 4. The first kappa shape index (κ1) is 18.7. The minimum absolute atomic E-state index is 0.0137. The number of furan rings is 1. The third-order valence-electron chi connectivity index (χ3n) is 4.79. The lowest BCUT2D eigenvalue weighted by molar-refractivity contribution is 0.0925. The van der Waals surface area contributed by atoms with Gasteiger partial charge < -0.3 is 14.3 Å². The van der Waals surface area contributed by atoms with Crippen LogP contribution in [0, 0.1) is 0 Å². The second kappa shape index (κ2) is 8.14. The van der Waals surface area contributed by atoms with Crippen LogP contribution in [0.25, 0.3) is 22.4 Å². The number of para-hydroxylation sites is 2. The Labute approximate surface area is 168 Å². The molecular weight excluding hydrogens is 366 g/mol. The van der Waals surface area contributed by atoms with Gasteiger partial charge in [-0.05, 0) is 37.6 Å². The zero-order valence-electron chi connectivity index (χ0n) is 16.1. The summed E-state index contributed by atoms with van der Waals surface area (Å²) in [6.45, 7) is 2.83. The van der Waals surface area contributed by atoms with Crippen molar-refractivity contribution in [3.63, 3.8) is 0 Å². The predicted molar refractivity (Wildman–Crippen MR) is 111 cm³/mol. The quantitative estimate of drug-likeness (QED) is 0.378. The molecule has 0 fully saturated rings. The maximum Gasteiger partial charge on any atom is 0.287 e. The van der Waals surface area contributed by atoms with Gasteiger partial charge in [-0.3, -0.25) is 9.59 Å². The lowest BCUT2D eigenvalue weighted by atomic mass is 10.1. The van der Waals surface area contributed by atoms with E-state index in [0.29, 0.717) is 17.9 Å². The van der Waals surface area contributed by atoms with Crippen molar-refractivity contribution >= 4 is 22.7 Å². The number of rotatable bonds is 7. The van der Waals surface area contributed by atoms with Crippen LogP contribution in [0.1, 0.15) is 34.3 Å². The van der Waals surface area contributed by atoms with Gasteiger partial charge in [0.25, 0.3) is 5.91 Å². The molecule has 2 aromatic carbocycles. The Morgan fingerprint density at radius 3 is 2.62 bits per heavy atom. The number of aromatic nitrogens is 2. The van der Waals surface area contributed by atoms with Crippen LogP contribution in [0.2, 0.25) is 0 Å². The fourth-order valence-corrected chi connectivity index (χ4v) is 3.21. The molecule has 29 heavy (non-hydrogen) atoms. The summed E-state index contributed by atoms with van der Waals surface area (Å²) in [6, 6.07) is 18.5. The Kier molecular flexibility index (Phi) is 5.24. The summed E-state index contributed by atoms with van der Waals surface area (Å²) in [6.07, 6.45) is 2.61. The van der Waals surface area contributed by atoms with Crippen molar-refractivity contribution in [2.45, 2.75) is 19.9 Å². The Morgan fingerprint density at radius 1 is 1.03 bits per heavy atom. The van der Waals surface area contributed by atoms with E-state index < -0.39 is 0 Å². The van der Waals surface area contributed by atoms with E-state index in [2.05, 4.69) is 14.9 Å². The second-order valence-corrected chi connectivity index (χ2v) is 6.83. The van der Waals surface area contributed by atoms with E-state index in [0.717, 1.165) is 29.6 Å². The maximum atomic E-state index is 12.3. The molecule has 6 heteroatoms. The molecule has 0 saturated heterocycles. The zero-order valence-corrected chi connectivity index (χ0v) is 16.1. The van der Waals surface area contributed by atoms with Crippen LogP contribution in [0.15, 0.2) is 71.4 Å². The van der Waals surface area contributed by atoms with E-state index in [1.54, 1.807) is 24.3 Å². The highest BCUT2D eigenvalue weighted by molar-refractivity contribution is 5.94. The van der Waals surface area contributed by atoms with Gasteiger partial charge in [-0.1, -0.05) is 36.4 Å². The smallest absolute Gasteiger partial charge is 0.287 e. The third kappa shape index (κ3) is 4.11. The molecule has 0 bridgehead atoms. The molecule has 0 aliphatic heterocycles. The molecule has 1 N–H and O–H groups in total. The number of imidazole rings is 1. The van der Waals surface area contributed by atoms with Crippen molar-refractivity contribution in [3.8, 4) is 11.3 Å². The first-order valence-electron chi connectivity index (χ1n) is 9.51. The van der Waals surface area contributed by atoms with Gasteiger partial charge in [0.1, 0.15) is 5.76 Å². The van der Waals surface area contributed by atoms with Gasteiger partial charge in [0.15, 0.2) is 11.5 Å². The summed E-state index contributed by atoms with van der Waals surface area (Å²) in [7, 11) is 0. The van der Waals surface area contributed by atoms with Crippen molar-refractivity contribution in [3.05, 3.63) is 78.3 Å². The van der Waals surface area contributed by atoms with Crippen LogP contribution in [0.5, 0.6) is 0 Å². The van der Waals surface area contributed by atoms with E-state index in [1.165, 1.54) is 6.92 Å².